The smallest absolute Gasteiger partial charge is 0.136 e. The molecule has 0 unspecified atom stereocenters. The van der Waals surface area contributed by atoms with Gasteiger partial charge in [-0.05, 0) is 115 Å². The number of anilines is 3. The first-order valence-corrected chi connectivity index (χ1v) is 21.1. The zero-order valence-corrected chi connectivity index (χ0v) is 33.2. The number of fused-ring (bicyclic) bond motifs is 14. The lowest BCUT2D eigenvalue weighted by atomic mass is 9.70. The van der Waals surface area contributed by atoms with Crippen molar-refractivity contribution in [1.29, 1.82) is 0 Å². The summed E-state index contributed by atoms with van der Waals surface area (Å²) in [6, 6.07) is 82.4. The van der Waals surface area contributed by atoms with Gasteiger partial charge in [-0.1, -0.05) is 176 Å². The van der Waals surface area contributed by atoms with Gasteiger partial charge in [0.1, 0.15) is 11.2 Å². The molecule has 0 N–H and O–H groups in total. The molecule has 2 aliphatic carbocycles. The number of hydrogen-bond donors (Lipinski definition) is 0. The van der Waals surface area contributed by atoms with Gasteiger partial charge < -0.3 is 9.32 Å². The number of para-hydroxylation sites is 2. The molecule has 0 saturated carbocycles. The molecule has 1 heterocycles. The molecule has 0 aliphatic heterocycles. The lowest BCUT2D eigenvalue weighted by Gasteiger charge is -2.33. The van der Waals surface area contributed by atoms with Crippen molar-refractivity contribution in [3.8, 4) is 44.5 Å². The summed E-state index contributed by atoms with van der Waals surface area (Å²) < 4.78 is 6.49. The maximum absolute atomic E-state index is 6.49. The Kier molecular flexibility index (Phi) is 7.26. The molecular formula is C59H37NO. The minimum absolute atomic E-state index is 0.462. The lowest BCUT2D eigenvalue weighted by Crippen LogP contribution is -2.26. The van der Waals surface area contributed by atoms with Crippen LogP contribution in [0.4, 0.5) is 17.1 Å². The number of benzene rings is 10. The SMILES string of the molecule is c1ccc(-c2ccccc2N(c2ccc3c(c2)C2(c4ccccc4-c4ccccc42)c2ccccc2-3)c2ccccc2-c2ccc3oc4cc5ccccc5cc4c3c2)cc1. The third-order valence-electron chi connectivity index (χ3n) is 13.3. The number of rotatable bonds is 5. The Morgan fingerprint density at radius 1 is 0.311 bits per heavy atom. The van der Waals surface area contributed by atoms with Gasteiger partial charge in [0.2, 0.25) is 0 Å². The Labute approximate surface area is 354 Å². The molecule has 0 bridgehead atoms. The van der Waals surface area contributed by atoms with Crippen molar-refractivity contribution in [2.75, 3.05) is 4.90 Å². The predicted octanol–water partition coefficient (Wildman–Crippen LogP) is 15.9. The average Bonchev–Trinajstić information content (AvgIpc) is 3.94. The molecule has 0 saturated heterocycles. The highest BCUT2D eigenvalue weighted by Crippen LogP contribution is 2.63. The minimum Gasteiger partial charge on any atom is -0.456 e. The van der Waals surface area contributed by atoms with Crippen LogP contribution in [0.3, 0.4) is 0 Å². The second kappa shape index (κ2) is 13.0. The van der Waals surface area contributed by atoms with E-state index >= 15 is 0 Å². The van der Waals surface area contributed by atoms with Crippen molar-refractivity contribution in [3.63, 3.8) is 0 Å². The Morgan fingerprint density at radius 2 is 0.803 bits per heavy atom. The van der Waals surface area contributed by atoms with E-state index in [9.17, 15) is 0 Å². The van der Waals surface area contributed by atoms with Gasteiger partial charge in [-0.15, -0.1) is 0 Å². The van der Waals surface area contributed by atoms with Crippen LogP contribution in [0.15, 0.2) is 229 Å². The van der Waals surface area contributed by atoms with Crippen molar-refractivity contribution in [2.24, 2.45) is 0 Å². The van der Waals surface area contributed by atoms with Gasteiger partial charge in [0.05, 0.1) is 16.8 Å². The van der Waals surface area contributed by atoms with Crippen LogP contribution in [0.25, 0.3) is 77.2 Å². The van der Waals surface area contributed by atoms with Crippen LogP contribution in [0, 0.1) is 0 Å². The molecule has 284 valence electrons. The molecule has 0 atom stereocenters. The van der Waals surface area contributed by atoms with Gasteiger partial charge in [0.25, 0.3) is 0 Å². The second-order valence-electron chi connectivity index (χ2n) is 16.4. The molecule has 0 fully saturated rings. The van der Waals surface area contributed by atoms with Crippen molar-refractivity contribution in [1.82, 2.24) is 0 Å². The summed E-state index contributed by atoms with van der Waals surface area (Å²) in [6.07, 6.45) is 0. The molecule has 11 aromatic rings. The summed E-state index contributed by atoms with van der Waals surface area (Å²) in [5.74, 6) is 0. The summed E-state index contributed by atoms with van der Waals surface area (Å²) in [5.41, 5.74) is 19.7. The Hall–Kier alpha value is -7.94. The van der Waals surface area contributed by atoms with E-state index < -0.39 is 5.41 Å². The van der Waals surface area contributed by atoms with E-state index in [1.165, 1.54) is 60.8 Å². The molecule has 0 amide bonds. The third-order valence-corrected chi connectivity index (χ3v) is 13.3. The fourth-order valence-electron chi connectivity index (χ4n) is 10.7. The van der Waals surface area contributed by atoms with E-state index in [2.05, 4.69) is 229 Å². The highest BCUT2D eigenvalue weighted by Gasteiger charge is 2.51. The molecule has 0 radical (unpaired) electrons. The molecule has 10 aromatic carbocycles. The number of furan rings is 1. The largest absolute Gasteiger partial charge is 0.456 e. The fraction of sp³-hybridized carbons (Fsp3) is 0.0169. The maximum Gasteiger partial charge on any atom is 0.136 e. The van der Waals surface area contributed by atoms with Gasteiger partial charge in [0, 0.05) is 27.6 Å². The standard InChI is InChI=1S/C59H37NO/c1-2-16-38(17-3-1)43-20-9-14-28-55(43)60(56-29-15-10-21-44(56)41-30-33-57-49(35-41)50-34-39-18-4-5-19-40(39)36-58(50)61-57)42-31-32-48-47-24-8-13-27-53(47)59(54(48)37-42)51-25-11-6-22-45(51)46-23-7-12-26-52(46)59/h1-37H. The van der Waals surface area contributed by atoms with Gasteiger partial charge in [-0.25, -0.2) is 0 Å². The molecule has 2 nitrogen and oxygen atoms in total. The summed E-state index contributed by atoms with van der Waals surface area (Å²) in [5, 5.41) is 4.62. The first-order chi connectivity index (χ1) is 30.3. The second-order valence-corrected chi connectivity index (χ2v) is 16.4. The quantitative estimate of drug-likeness (QED) is 0.173. The number of nitrogens with zero attached hydrogens (tertiary/aromatic N) is 1. The van der Waals surface area contributed by atoms with Crippen LogP contribution >= 0.6 is 0 Å². The summed E-state index contributed by atoms with van der Waals surface area (Å²) in [4.78, 5) is 2.49. The minimum atomic E-state index is -0.462. The van der Waals surface area contributed by atoms with E-state index in [0.717, 1.165) is 55.7 Å². The first kappa shape index (κ1) is 34.0. The molecular weight excluding hydrogens is 739 g/mol. The topological polar surface area (TPSA) is 16.4 Å². The Bertz CT molecular complexity index is 3490. The highest BCUT2D eigenvalue weighted by molar-refractivity contribution is 6.11. The Balaban J connectivity index is 1.08. The molecule has 13 rings (SSSR count). The number of hydrogen-bond acceptors (Lipinski definition) is 2. The predicted molar refractivity (Wildman–Crippen MR) is 253 cm³/mol. The summed E-state index contributed by atoms with van der Waals surface area (Å²) >= 11 is 0. The van der Waals surface area contributed by atoms with Gasteiger partial charge >= 0.3 is 0 Å². The fourth-order valence-corrected chi connectivity index (χ4v) is 10.7. The normalized spacial score (nSPS) is 13.0. The van der Waals surface area contributed by atoms with Crippen LogP contribution in [0.1, 0.15) is 22.3 Å². The highest BCUT2D eigenvalue weighted by atomic mass is 16.3. The zero-order valence-electron chi connectivity index (χ0n) is 33.2. The van der Waals surface area contributed by atoms with Crippen molar-refractivity contribution in [3.05, 3.63) is 247 Å². The van der Waals surface area contributed by atoms with Crippen molar-refractivity contribution < 1.29 is 4.42 Å². The van der Waals surface area contributed by atoms with Crippen molar-refractivity contribution >= 4 is 49.8 Å². The van der Waals surface area contributed by atoms with Gasteiger partial charge in [-0.3, -0.25) is 0 Å². The zero-order chi connectivity index (χ0) is 40.1. The Morgan fingerprint density at radius 3 is 1.44 bits per heavy atom. The van der Waals surface area contributed by atoms with Crippen molar-refractivity contribution in [2.45, 2.75) is 5.41 Å². The monoisotopic (exact) mass is 775 g/mol. The van der Waals surface area contributed by atoms with E-state index in [-0.39, 0.29) is 0 Å². The molecule has 61 heavy (non-hydrogen) atoms. The molecule has 2 heteroatoms. The van der Waals surface area contributed by atoms with Gasteiger partial charge in [-0.2, -0.15) is 0 Å². The molecule has 1 aromatic heterocycles. The van der Waals surface area contributed by atoms with Crippen LogP contribution < -0.4 is 4.90 Å². The van der Waals surface area contributed by atoms with Crippen LogP contribution in [0.5, 0.6) is 0 Å². The van der Waals surface area contributed by atoms with E-state index in [1.54, 1.807) is 0 Å². The van der Waals surface area contributed by atoms with Gasteiger partial charge in [0.15, 0.2) is 0 Å². The summed E-state index contributed by atoms with van der Waals surface area (Å²) in [7, 11) is 0. The van der Waals surface area contributed by atoms with E-state index in [4.69, 9.17) is 4.42 Å². The van der Waals surface area contributed by atoms with E-state index in [1.807, 2.05) is 0 Å². The van der Waals surface area contributed by atoms with Crippen LogP contribution in [0.2, 0.25) is 0 Å². The van der Waals surface area contributed by atoms with Crippen LogP contribution in [-0.2, 0) is 5.41 Å². The summed E-state index contributed by atoms with van der Waals surface area (Å²) in [6.45, 7) is 0. The average molecular weight is 776 g/mol. The molecule has 2 aliphatic rings. The lowest BCUT2D eigenvalue weighted by molar-refractivity contribution is 0.669. The third kappa shape index (κ3) is 4.85. The first-order valence-electron chi connectivity index (χ1n) is 21.1. The van der Waals surface area contributed by atoms with E-state index in [0.29, 0.717) is 0 Å². The van der Waals surface area contributed by atoms with Crippen LogP contribution in [-0.4, -0.2) is 0 Å². The maximum atomic E-state index is 6.49. The molecule has 1 spiro atoms.